The zero-order valence-corrected chi connectivity index (χ0v) is 14.1. The molecule has 0 unspecified atom stereocenters. The number of hydrogen-bond acceptors (Lipinski definition) is 6. The molecular formula is C18H17N7O. The van der Waals surface area contributed by atoms with Crippen molar-refractivity contribution in [2.45, 2.75) is 19.4 Å². The van der Waals surface area contributed by atoms with Gasteiger partial charge in [-0.1, -0.05) is 0 Å². The zero-order chi connectivity index (χ0) is 17.5. The van der Waals surface area contributed by atoms with Gasteiger partial charge < -0.3 is 4.90 Å². The number of hydrogen-bond donors (Lipinski definition) is 0. The van der Waals surface area contributed by atoms with Gasteiger partial charge in [0, 0.05) is 31.7 Å². The number of pyridine rings is 1. The second kappa shape index (κ2) is 5.91. The number of aromatic nitrogens is 5. The van der Waals surface area contributed by atoms with Gasteiger partial charge in [0.2, 0.25) is 5.95 Å². The summed E-state index contributed by atoms with van der Waals surface area (Å²) in [7, 11) is 0. The highest BCUT2D eigenvalue weighted by atomic mass is 16.2. The number of nitrogens with zero attached hydrogens (tertiary/aromatic N) is 7. The molecule has 130 valence electrons. The van der Waals surface area contributed by atoms with Crippen molar-refractivity contribution >= 4 is 17.7 Å². The monoisotopic (exact) mass is 347 g/mol. The normalized spacial score (nSPS) is 16.4. The molecule has 0 saturated carbocycles. The van der Waals surface area contributed by atoms with Gasteiger partial charge in [0.05, 0.1) is 29.7 Å². The summed E-state index contributed by atoms with van der Waals surface area (Å²) in [5, 5.41) is 4.56. The van der Waals surface area contributed by atoms with Gasteiger partial charge in [0.25, 0.3) is 5.91 Å². The van der Waals surface area contributed by atoms with Crippen LogP contribution >= 0.6 is 0 Å². The minimum Gasteiger partial charge on any atom is -0.357 e. The quantitative estimate of drug-likeness (QED) is 0.719. The number of anilines is 2. The molecule has 3 aromatic rings. The molecule has 0 radical (unpaired) electrons. The lowest BCUT2D eigenvalue weighted by Crippen LogP contribution is -2.25. The fourth-order valence-electron chi connectivity index (χ4n) is 3.44. The number of rotatable bonds is 3. The van der Waals surface area contributed by atoms with Crippen LogP contribution in [-0.2, 0) is 6.54 Å². The first-order chi connectivity index (χ1) is 12.8. The third-order valence-corrected chi connectivity index (χ3v) is 4.79. The maximum atomic E-state index is 12.6. The van der Waals surface area contributed by atoms with E-state index in [1.165, 1.54) is 17.7 Å². The molecule has 0 bridgehead atoms. The number of carbonyl (C=O) groups excluding carboxylic acids is 1. The molecule has 5 heterocycles. The summed E-state index contributed by atoms with van der Waals surface area (Å²) < 4.78 is 1.71. The van der Waals surface area contributed by atoms with E-state index in [2.05, 4.69) is 25.0 Å². The lowest BCUT2D eigenvalue weighted by Gasteiger charge is -2.16. The Morgan fingerprint density at radius 3 is 2.50 bits per heavy atom. The first-order valence-electron chi connectivity index (χ1n) is 8.68. The molecule has 0 atom stereocenters. The van der Waals surface area contributed by atoms with Crippen LogP contribution in [0.5, 0.6) is 0 Å². The molecule has 2 aliphatic rings. The zero-order valence-electron chi connectivity index (χ0n) is 14.1. The second-order valence-electron chi connectivity index (χ2n) is 6.44. The summed E-state index contributed by atoms with van der Waals surface area (Å²) >= 11 is 0. The van der Waals surface area contributed by atoms with Gasteiger partial charge in [-0.15, -0.1) is 0 Å². The van der Waals surface area contributed by atoms with Crippen molar-refractivity contribution in [3.8, 4) is 5.69 Å². The van der Waals surface area contributed by atoms with Gasteiger partial charge in [-0.2, -0.15) is 5.10 Å². The van der Waals surface area contributed by atoms with E-state index >= 15 is 0 Å². The van der Waals surface area contributed by atoms with Crippen molar-refractivity contribution in [1.29, 1.82) is 0 Å². The average molecular weight is 347 g/mol. The van der Waals surface area contributed by atoms with Crippen LogP contribution in [-0.4, -0.2) is 43.7 Å². The topological polar surface area (TPSA) is 80.0 Å². The highest BCUT2D eigenvalue weighted by Crippen LogP contribution is 2.26. The number of fused-ring (bicyclic) bond motifs is 1. The van der Waals surface area contributed by atoms with Gasteiger partial charge >= 0.3 is 0 Å². The Balaban J connectivity index is 1.39. The van der Waals surface area contributed by atoms with Crippen LogP contribution in [0.25, 0.3) is 5.69 Å². The smallest absolute Gasteiger partial charge is 0.264 e. The van der Waals surface area contributed by atoms with E-state index in [1.54, 1.807) is 35.5 Å². The lowest BCUT2D eigenvalue weighted by atomic mass is 10.3. The van der Waals surface area contributed by atoms with Crippen LogP contribution in [0.4, 0.5) is 11.8 Å². The summed E-state index contributed by atoms with van der Waals surface area (Å²) in [6, 6.07) is 5.73. The molecule has 8 nitrogen and oxygen atoms in total. The van der Waals surface area contributed by atoms with E-state index in [1.807, 2.05) is 12.1 Å². The molecule has 0 N–H and O–H groups in total. The summed E-state index contributed by atoms with van der Waals surface area (Å²) in [6.07, 6.45) is 9.25. The van der Waals surface area contributed by atoms with Crippen molar-refractivity contribution in [3.63, 3.8) is 0 Å². The van der Waals surface area contributed by atoms with Gasteiger partial charge in [-0.05, 0) is 31.0 Å². The maximum absolute atomic E-state index is 12.6. The molecule has 1 saturated heterocycles. The second-order valence-corrected chi connectivity index (χ2v) is 6.44. The van der Waals surface area contributed by atoms with E-state index in [9.17, 15) is 4.79 Å². The van der Waals surface area contributed by atoms with Crippen molar-refractivity contribution < 1.29 is 4.79 Å². The third kappa shape index (κ3) is 2.42. The molecule has 8 heteroatoms. The summed E-state index contributed by atoms with van der Waals surface area (Å²) in [4.78, 5) is 29.3. The Bertz CT molecular complexity index is 945. The van der Waals surface area contributed by atoms with E-state index < -0.39 is 0 Å². The number of carbonyl (C=O) groups is 1. The van der Waals surface area contributed by atoms with Crippen LogP contribution < -0.4 is 9.80 Å². The van der Waals surface area contributed by atoms with Gasteiger partial charge in [-0.25, -0.2) is 19.6 Å². The van der Waals surface area contributed by atoms with Crippen molar-refractivity contribution in [2.24, 2.45) is 0 Å². The van der Waals surface area contributed by atoms with Crippen LogP contribution in [0.15, 0.2) is 43.0 Å². The Hall–Kier alpha value is -3.29. The lowest BCUT2D eigenvalue weighted by molar-refractivity contribution is 0.0994. The van der Waals surface area contributed by atoms with Gasteiger partial charge in [-0.3, -0.25) is 9.69 Å². The Labute approximate surface area is 150 Å². The maximum Gasteiger partial charge on any atom is 0.264 e. The van der Waals surface area contributed by atoms with Crippen LogP contribution in [0.3, 0.4) is 0 Å². The molecule has 0 aliphatic carbocycles. The minimum atomic E-state index is -0.126. The fraction of sp³-hybridized carbons (Fsp3) is 0.278. The standard InChI is InChI=1S/C18H17N7O/c26-17-14-11-25(13-4-5-16(21-10-13)23-8-1-2-9-23)22-15(14)12-24(17)18-19-6-3-7-20-18/h3-7,10-11H,1-2,8-9,12H2. The third-order valence-electron chi connectivity index (χ3n) is 4.79. The SMILES string of the molecule is O=C1c2cn(-c3ccc(N4CCCC4)nc3)nc2CN1c1ncccn1. The first-order valence-corrected chi connectivity index (χ1v) is 8.68. The first kappa shape index (κ1) is 15.0. The van der Waals surface area contributed by atoms with Crippen LogP contribution in [0.2, 0.25) is 0 Å². The van der Waals surface area contributed by atoms with E-state index in [4.69, 9.17) is 0 Å². The van der Waals surface area contributed by atoms with E-state index in [0.29, 0.717) is 18.1 Å². The van der Waals surface area contributed by atoms with E-state index in [-0.39, 0.29) is 5.91 Å². The molecule has 0 aromatic carbocycles. The van der Waals surface area contributed by atoms with Crippen molar-refractivity contribution in [2.75, 3.05) is 22.9 Å². The highest BCUT2D eigenvalue weighted by molar-refractivity contribution is 6.08. The average Bonchev–Trinajstić information content (AvgIpc) is 3.41. The number of amides is 1. The van der Waals surface area contributed by atoms with Crippen LogP contribution in [0, 0.1) is 0 Å². The molecular weight excluding hydrogens is 330 g/mol. The Kier molecular flexibility index (Phi) is 3.41. The van der Waals surface area contributed by atoms with Crippen LogP contribution in [0.1, 0.15) is 28.9 Å². The summed E-state index contributed by atoms with van der Waals surface area (Å²) in [5.74, 6) is 1.27. The molecule has 26 heavy (non-hydrogen) atoms. The predicted octanol–water partition coefficient (Wildman–Crippen LogP) is 1.82. The molecule has 3 aromatic heterocycles. The summed E-state index contributed by atoms with van der Waals surface area (Å²) in [6.45, 7) is 2.51. The molecule has 5 rings (SSSR count). The molecule has 0 spiro atoms. The largest absolute Gasteiger partial charge is 0.357 e. The van der Waals surface area contributed by atoms with Gasteiger partial charge in [0.15, 0.2) is 0 Å². The minimum absolute atomic E-state index is 0.126. The predicted molar refractivity (Wildman–Crippen MR) is 95.4 cm³/mol. The fourth-order valence-corrected chi connectivity index (χ4v) is 3.44. The van der Waals surface area contributed by atoms with E-state index in [0.717, 1.165) is 30.3 Å². The highest BCUT2D eigenvalue weighted by Gasteiger charge is 2.33. The summed E-state index contributed by atoms with van der Waals surface area (Å²) in [5.41, 5.74) is 2.16. The molecule has 1 fully saturated rings. The Morgan fingerprint density at radius 2 is 1.81 bits per heavy atom. The molecule has 2 aliphatic heterocycles. The van der Waals surface area contributed by atoms with Crippen molar-refractivity contribution in [1.82, 2.24) is 24.7 Å². The Morgan fingerprint density at radius 1 is 1.00 bits per heavy atom. The van der Waals surface area contributed by atoms with Gasteiger partial charge in [0.1, 0.15) is 5.82 Å². The molecule has 1 amide bonds. The van der Waals surface area contributed by atoms with Crippen molar-refractivity contribution in [3.05, 3.63) is 54.2 Å².